The topological polar surface area (TPSA) is 77.4 Å². The Kier molecular flexibility index (Phi) is 6.80. The zero-order chi connectivity index (χ0) is 20.9. The van der Waals surface area contributed by atoms with Gasteiger partial charge in [0.05, 0.1) is 39.6 Å². The summed E-state index contributed by atoms with van der Waals surface area (Å²) in [5.74, 6) is 2.39. The van der Waals surface area contributed by atoms with Gasteiger partial charge in [-0.3, -0.25) is 0 Å². The summed E-state index contributed by atoms with van der Waals surface area (Å²) in [6.45, 7) is 3.26. The maximum atomic E-state index is 11.1. The molecule has 0 aliphatic carbocycles. The fraction of sp³-hybridized carbons (Fsp3) is 0.455. The number of methoxy groups -OCH3 is 4. The van der Waals surface area contributed by atoms with Crippen molar-refractivity contribution in [2.24, 2.45) is 0 Å². The minimum atomic E-state index is -1.39. The summed E-state index contributed by atoms with van der Waals surface area (Å²) >= 11 is 0. The number of ether oxygens (including phenoxy) is 4. The number of aliphatic hydroxyl groups is 2. The van der Waals surface area contributed by atoms with Crippen molar-refractivity contribution in [1.29, 1.82) is 0 Å². The Hall–Kier alpha value is -2.44. The Morgan fingerprint density at radius 2 is 0.929 bits per heavy atom. The molecule has 2 atom stereocenters. The lowest BCUT2D eigenvalue weighted by atomic mass is 9.77. The SMILES string of the molecule is COc1ccc(CC(C)(O)C(C)(O)Cc2ccc(OC)c(OC)c2)cc1OC. The Balaban J connectivity index is 2.23. The van der Waals surface area contributed by atoms with Gasteiger partial charge >= 0.3 is 0 Å². The summed E-state index contributed by atoms with van der Waals surface area (Å²) in [5.41, 5.74) is -1.12. The number of hydrogen-bond donors (Lipinski definition) is 2. The van der Waals surface area contributed by atoms with Gasteiger partial charge in [-0.25, -0.2) is 0 Å². The zero-order valence-corrected chi connectivity index (χ0v) is 17.4. The van der Waals surface area contributed by atoms with Crippen LogP contribution < -0.4 is 18.9 Å². The van der Waals surface area contributed by atoms with Crippen molar-refractivity contribution < 1.29 is 29.2 Å². The van der Waals surface area contributed by atoms with Gasteiger partial charge in [0.25, 0.3) is 0 Å². The highest BCUT2D eigenvalue weighted by Gasteiger charge is 2.42. The second kappa shape index (κ2) is 8.71. The molecule has 6 heteroatoms. The molecule has 0 heterocycles. The summed E-state index contributed by atoms with van der Waals surface area (Å²) in [7, 11) is 6.27. The third-order valence-corrected chi connectivity index (χ3v) is 5.15. The first kappa shape index (κ1) is 21.9. The smallest absolute Gasteiger partial charge is 0.160 e. The molecule has 0 radical (unpaired) electrons. The predicted octanol–water partition coefficient (Wildman–Crippen LogP) is 3.01. The highest BCUT2D eigenvalue weighted by atomic mass is 16.5. The van der Waals surface area contributed by atoms with Crippen LogP contribution in [-0.4, -0.2) is 49.9 Å². The maximum Gasteiger partial charge on any atom is 0.160 e. The molecule has 0 saturated carbocycles. The average Bonchev–Trinajstić information content (AvgIpc) is 2.66. The van der Waals surface area contributed by atoms with E-state index in [-0.39, 0.29) is 12.8 Å². The van der Waals surface area contributed by atoms with E-state index in [9.17, 15) is 10.2 Å². The third kappa shape index (κ3) is 4.69. The molecular weight excluding hydrogens is 360 g/mol. The first-order chi connectivity index (χ1) is 13.2. The van der Waals surface area contributed by atoms with Gasteiger partial charge in [0.1, 0.15) is 0 Å². The molecule has 6 nitrogen and oxygen atoms in total. The molecule has 0 amide bonds. The summed E-state index contributed by atoms with van der Waals surface area (Å²) in [6, 6.07) is 10.9. The molecule has 2 rings (SSSR count). The van der Waals surface area contributed by atoms with Gasteiger partial charge in [-0.15, -0.1) is 0 Å². The largest absolute Gasteiger partial charge is 0.493 e. The van der Waals surface area contributed by atoms with E-state index in [1.54, 1.807) is 66.6 Å². The standard InChI is InChI=1S/C22H30O6/c1-21(23,13-15-7-9-17(25-3)19(11-15)27-5)22(2,24)14-16-8-10-18(26-4)20(12-16)28-6/h7-12,23-24H,13-14H2,1-6H3. The van der Waals surface area contributed by atoms with Gasteiger partial charge in [0.15, 0.2) is 23.0 Å². The minimum Gasteiger partial charge on any atom is -0.493 e. The number of benzene rings is 2. The van der Waals surface area contributed by atoms with Crippen molar-refractivity contribution in [2.45, 2.75) is 37.9 Å². The fourth-order valence-corrected chi connectivity index (χ4v) is 3.16. The first-order valence-corrected chi connectivity index (χ1v) is 9.04. The van der Waals surface area contributed by atoms with Crippen molar-refractivity contribution >= 4 is 0 Å². The zero-order valence-electron chi connectivity index (χ0n) is 17.4. The van der Waals surface area contributed by atoms with Gasteiger partial charge in [0, 0.05) is 12.8 Å². The molecule has 0 aliphatic rings. The normalized spacial score (nSPS) is 15.3. The Morgan fingerprint density at radius 1 is 0.607 bits per heavy atom. The molecule has 0 saturated heterocycles. The maximum absolute atomic E-state index is 11.1. The average molecular weight is 390 g/mol. The summed E-state index contributed by atoms with van der Waals surface area (Å²) < 4.78 is 21.1. The van der Waals surface area contributed by atoms with Crippen LogP contribution in [0.4, 0.5) is 0 Å². The fourth-order valence-electron chi connectivity index (χ4n) is 3.16. The van der Waals surface area contributed by atoms with E-state index in [4.69, 9.17) is 18.9 Å². The van der Waals surface area contributed by atoms with Gasteiger partial charge in [0.2, 0.25) is 0 Å². The summed E-state index contributed by atoms with van der Waals surface area (Å²) in [6.07, 6.45) is 0.487. The Morgan fingerprint density at radius 3 is 1.21 bits per heavy atom. The molecule has 0 aliphatic heterocycles. The number of hydrogen-bond acceptors (Lipinski definition) is 6. The van der Waals surface area contributed by atoms with Gasteiger partial charge in [-0.2, -0.15) is 0 Å². The van der Waals surface area contributed by atoms with Crippen LogP contribution in [0.5, 0.6) is 23.0 Å². The van der Waals surface area contributed by atoms with E-state index >= 15 is 0 Å². The summed E-state index contributed by atoms with van der Waals surface area (Å²) in [4.78, 5) is 0. The lowest BCUT2D eigenvalue weighted by Crippen LogP contribution is -2.53. The molecule has 0 fully saturated rings. The van der Waals surface area contributed by atoms with Gasteiger partial charge in [-0.1, -0.05) is 12.1 Å². The van der Waals surface area contributed by atoms with Crippen molar-refractivity contribution in [1.82, 2.24) is 0 Å². The van der Waals surface area contributed by atoms with Crippen LogP contribution in [0, 0.1) is 0 Å². The number of rotatable bonds is 9. The molecular formula is C22H30O6. The Labute approximate surface area is 166 Å². The van der Waals surface area contributed by atoms with Crippen LogP contribution in [0.3, 0.4) is 0 Å². The molecule has 2 aromatic carbocycles. The van der Waals surface area contributed by atoms with E-state index in [1.165, 1.54) is 0 Å². The second-order valence-electron chi connectivity index (χ2n) is 7.28. The van der Waals surface area contributed by atoms with Crippen molar-refractivity contribution in [2.75, 3.05) is 28.4 Å². The van der Waals surface area contributed by atoms with Crippen LogP contribution in [0.2, 0.25) is 0 Å². The molecule has 2 unspecified atom stereocenters. The van der Waals surface area contributed by atoms with Crippen molar-refractivity contribution in [3.8, 4) is 23.0 Å². The van der Waals surface area contributed by atoms with E-state index in [0.29, 0.717) is 23.0 Å². The lowest BCUT2D eigenvalue weighted by Gasteiger charge is -2.39. The molecule has 2 N–H and O–H groups in total. The monoisotopic (exact) mass is 390 g/mol. The van der Waals surface area contributed by atoms with Crippen LogP contribution >= 0.6 is 0 Å². The van der Waals surface area contributed by atoms with E-state index in [2.05, 4.69) is 0 Å². The Bertz CT molecular complexity index is 730. The van der Waals surface area contributed by atoms with Gasteiger partial charge < -0.3 is 29.2 Å². The van der Waals surface area contributed by atoms with Crippen LogP contribution in [-0.2, 0) is 12.8 Å². The first-order valence-electron chi connectivity index (χ1n) is 9.04. The molecule has 2 aromatic rings. The molecule has 28 heavy (non-hydrogen) atoms. The van der Waals surface area contributed by atoms with Crippen molar-refractivity contribution in [3.63, 3.8) is 0 Å². The van der Waals surface area contributed by atoms with Gasteiger partial charge in [-0.05, 0) is 49.2 Å². The minimum absolute atomic E-state index is 0.244. The van der Waals surface area contributed by atoms with E-state index < -0.39 is 11.2 Å². The van der Waals surface area contributed by atoms with Crippen LogP contribution in [0.1, 0.15) is 25.0 Å². The lowest BCUT2D eigenvalue weighted by molar-refractivity contribution is -0.129. The predicted molar refractivity (Wildman–Crippen MR) is 108 cm³/mol. The highest BCUT2D eigenvalue weighted by molar-refractivity contribution is 5.44. The third-order valence-electron chi connectivity index (χ3n) is 5.15. The van der Waals surface area contributed by atoms with E-state index in [0.717, 1.165) is 11.1 Å². The molecule has 0 bridgehead atoms. The summed E-state index contributed by atoms with van der Waals surface area (Å²) in [5, 5.41) is 22.2. The molecule has 0 aromatic heterocycles. The molecule has 0 spiro atoms. The molecule has 154 valence electrons. The quantitative estimate of drug-likeness (QED) is 0.685. The van der Waals surface area contributed by atoms with Crippen LogP contribution in [0.25, 0.3) is 0 Å². The highest BCUT2D eigenvalue weighted by Crippen LogP contribution is 2.35. The van der Waals surface area contributed by atoms with E-state index in [1.807, 2.05) is 12.1 Å². The van der Waals surface area contributed by atoms with Crippen LogP contribution in [0.15, 0.2) is 36.4 Å². The second-order valence-corrected chi connectivity index (χ2v) is 7.28. The van der Waals surface area contributed by atoms with Crippen molar-refractivity contribution in [3.05, 3.63) is 47.5 Å².